The van der Waals surface area contributed by atoms with Gasteiger partial charge in [-0.2, -0.15) is 0 Å². The Balaban J connectivity index is 1.63. The molecule has 1 N–H and O–H groups in total. The van der Waals surface area contributed by atoms with Crippen LogP contribution in [0.5, 0.6) is 0 Å². The molecular formula is C17H22N4O2S. The number of H-pyrrole nitrogens is 1. The van der Waals surface area contributed by atoms with Gasteiger partial charge >= 0.3 is 0 Å². The lowest BCUT2D eigenvalue weighted by molar-refractivity contribution is -0.131. The minimum absolute atomic E-state index is 0.00280. The lowest BCUT2D eigenvalue weighted by Crippen LogP contribution is -2.39. The molecule has 1 saturated heterocycles. The van der Waals surface area contributed by atoms with Crippen molar-refractivity contribution in [2.24, 2.45) is 0 Å². The van der Waals surface area contributed by atoms with Crippen LogP contribution >= 0.6 is 11.3 Å². The molecule has 3 rings (SSSR count). The minimum Gasteiger partial charge on any atom is -0.342 e. The number of carbonyl (C=O) groups excluding carboxylic acids is 1. The molecule has 2 aromatic rings. The van der Waals surface area contributed by atoms with E-state index in [9.17, 15) is 9.59 Å². The molecule has 1 aliphatic rings. The van der Waals surface area contributed by atoms with E-state index in [2.05, 4.69) is 20.3 Å². The van der Waals surface area contributed by atoms with Crippen LogP contribution in [0.3, 0.4) is 0 Å². The highest BCUT2D eigenvalue weighted by Gasteiger charge is 2.26. The Kier molecular flexibility index (Phi) is 4.80. The smallest absolute Gasteiger partial charge is 0.254 e. The number of piperidine rings is 1. The minimum atomic E-state index is -0.207. The van der Waals surface area contributed by atoms with Crippen molar-refractivity contribution in [2.75, 3.05) is 13.1 Å². The van der Waals surface area contributed by atoms with Crippen LogP contribution in [-0.4, -0.2) is 38.8 Å². The van der Waals surface area contributed by atoms with E-state index in [1.165, 1.54) is 5.01 Å². The molecule has 0 saturated carbocycles. The third-order valence-corrected chi connectivity index (χ3v) is 5.63. The predicted octanol–water partition coefficient (Wildman–Crippen LogP) is 2.10. The van der Waals surface area contributed by atoms with Gasteiger partial charge in [-0.1, -0.05) is 0 Å². The summed E-state index contributed by atoms with van der Waals surface area (Å²) in [5.41, 5.74) is 1.97. The van der Waals surface area contributed by atoms with E-state index in [1.54, 1.807) is 25.2 Å². The fraction of sp³-hybridized carbons (Fsp3) is 0.529. The van der Waals surface area contributed by atoms with Gasteiger partial charge in [0.25, 0.3) is 5.56 Å². The Bertz CT molecular complexity index is 803. The van der Waals surface area contributed by atoms with Crippen molar-refractivity contribution in [3.8, 4) is 0 Å². The molecule has 7 heteroatoms. The summed E-state index contributed by atoms with van der Waals surface area (Å²) >= 11 is 1.71. The molecule has 0 atom stereocenters. The standard InChI is InChI=1S/C17H22N4O2S/c1-10-9-24-17(18-10)13-4-6-21(7-5-13)15(22)8-14-11(2)19-12(3)20-16(14)23/h9,13H,4-8H2,1-3H3,(H,19,20,23). The molecule has 1 aliphatic heterocycles. The summed E-state index contributed by atoms with van der Waals surface area (Å²) in [6.45, 7) is 6.97. The molecule has 6 nitrogen and oxygen atoms in total. The summed E-state index contributed by atoms with van der Waals surface area (Å²) in [5, 5.41) is 3.25. The van der Waals surface area contributed by atoms with Gasteiger partial charge in [0.2, 0.25) is 5.91 Å². The van der Waals surface area contributed by atoms with Gasteiger partial charge in [0.1, 0.15) is 5.82 Å². The monoisotopic (exact) mass is 346 g/mol. The van der Waals surface area contributed by atoms with Gasteiger partial charge in [-0.15, -0.1) is 11.3 Å². The van der Waals surface area contributed by atoms with E-state index in [1.807, 2.05) is 11.8 Å². The summed E-state index contributed by atoms with van der Waals surface area (Å²) in [5.74, 6) is 1.02. The van der Waals surface area contributed by atoms with Gasteiger partial charge in [-0.25, -0.2) is 9.97 Å². The molecule has 0 bridgehead atoms. The fourth-order valence-electron chi connectivity index (χ4n) is 3.16. The molecule has 0 aliphatic carbocycles. The molecule has 3 heterocycles. The largest absolute Gasteiger partial charge is 0.342 e. The number of nitrogens with zero attached hydrogens (tertiary/aromatic N) is 3. The third kappa shape index (κ3) is 3.56. The SMILES string of the molecule is Cc1csc(C2CCN(C(=O)Cc3c(C)nc(C)[nH]c3=O)CC2)n1. The Hall–Kier alpha value is -2.02. The van der Waals surface area contributed by atoms with Crippen LogP contribution < -0.4 is 5.56 Å². The zero-order valence-electron chi connectivity index (χ0n) is 14.3. The van der Waals surface area contributed by atoms with Crippen LogP contribution in [0.1, 0.15) is 46.5 Å². The number of thiazole rings is 1. The first-order valence-electron chi connectivity index (χ1n) is 8.20. The maximum absolute atomic E-state index is 12.5. The Labute approximate surface area is 145 Å². The second kappa shape index (κ2) is 6.84. The lowest BCUT2D eigenvalue weighted by Gasteiger charge is -2.31. The van der Waals surface area contributed by atoms with Crippen molar-refractivity contribution in [1.82, 2.24) is 19.9 Å². The number of rotatable bonds is 3. The summed E-state index contributed by atoms with van der Waals surface area (Å²) < 4.78 is 0. The van der Waals surface area contributed by atoms with Crippen molar-refractivity contribution < 1.29 is 4.79 Å². The Morgan fingerprint density at radius 3 is 2.58 bits per heavy atom. The summed E-state index contributed by atoms with van der Waals surface area (Å²) in [7, 11) is 0. The highest BCUT2D eigenvalue weighted by Crippen LogP contribution is 2.30. The van der Waals surface area contributed by atoms with Gasteiger partial charge in [0.15, 0.2) is 0 Å². The highest BCUT2D eigenvalue weighted by molar-refractivity contribution is 7.09. The van der Waals surface area contributed by atoms with E-state index in [-0.39, 0.29) is 17.9 Å². The number of hydrogen-bond acceptors (Lipinski definition) is 5. The van der Waals surface area contributed by atoms with E-state index in [4.69, 9.17) is 0 Å². The van der Waals surface area contributed by atoms with E-state index >= 15 is 0 Å². The van der Waals surface area contributed by atoms with Gasteiger partial charge in [-0.05, 0) is 33.6 Å². The van der Waals surface area contributed by atoms with Gasteiger partial charge < -0.3 is 9.88 Å². The molecule has 2 aromatic heterocycles. The van der Waals surface area contributed by atoms with Crippen molar-refractivity contribution >= 4 is 17.2 Å². The number of carbonyl (C=O) groups is 1. The Morgan fingerprint density at radius 1 is 1.29 bits per heavy atom. The second-order valence-corrected chi connectivity index (χ2v) is 7.26. The zero-order valence-corrected chi connectivity index (χ0v) is 15.1. The van der Waals surface area contributed by atoms with Crippen LogP contribution in [0.4, 0.5) is 0 Å². The maximum Gasteiger partial charge on any atom is 0.254 e. The molecule has 1 fully saturated rings. The second-order valence-electron chi connectivity index (χ2n) is 6.37. The molecule has 0 unspecified atom stereocenters. The van der Waals surface area contributed by atoms with E-state index < -0.39 is 0 Å². The lowest BCUT2D eigenvalue weighted by atomic mass is 9.97. The molecule has 24 heavy (non-hydrogen) atoms. The van der Waals surface area contributed by atoms with Crippen molar-refractivity contribution in [3.63, 3.8) is 0 Å². The first-order chi connectivity index (χ1) is 11.4. The van der Waals surface area contributed by atoms with E-state index in [0.29, 0.717) is 23.0 Å². The number of hydrogen-bond donors (Lipinski definition) is 1. The van der Waals surface area contributed by atoms with Crippen molar-refractivity contribution in [1.29, 1.82) is 0 Å². The molecule has 0 aromatic carbocycles. The molecule has 128 valence electrons. The topological polar surface area (TPSA) is 79.0 Å². The number of aryl methyl sites for hydroxylation is 3. The number of amides is 1. The predicted molar refractivity (Wildman–Crippen MR) is 93.4 cm³/mol. The fourth-order valence-corrected chi connectivity index (χ4v) is 4.13. The normalized spacial score (nSPS) is 15.7. The Morgan fingerprint density at radius 2 is 2.00 bits per heavy atom. The van der Waals surface area contributed by atoms with Gasteiger partial charge in [0, 0.05) is 41.3 Å². The average molecular weight is 346 g/mol. The van der Waals surface area contributed by atoms with Crippen molar-refractivity contribution in [2.45, 2.75) is 46.0 Å². The van der Waals surface area contributed by atoms with Crippen LogP contribution in [-0.2, 0) is 11.2 Å². The number of aromatic amines is 1. The quantitative estimate of drug-likeness (QED) is 0.923. The number of aromatic nitrogens is 3. The van der Waals surface area contributed by atoms with Crippen molar-refractivity contribution in [3.05, 3.63) is 43.5 Å². The molecule has 1 amide bonds. The molecule has 0 radical (unpaired) electrons. The molecular weight excluding hydrogens is 324 g/mol. The summed E-state index contributed by atoms with van der Waals surface area (Å²) in [4.78, 5) is 37.9. The molecule has 0 spiro atoms. The number of nitrogens with one attached hydrogen (secondary N) is 1. The maximum atomic E-state index is 12.5. The summed E-state index contributed by atoms with van der Waals surface area (Å²) in [6.07, 6.45) is 1.98. The highest BCUT2D eigenvalue weighted by atomic mass is 32.1. The van der Waals surface area contributed by atoms with Crippen LogP contribution in [0.25, 0.3) is 0 Å². The van der Waals surface area contributed by atoms with Gasteiger partial charge in [-0.3, -0.25) is 9.59 Å². The van der Waals surface area contributed by atoms with Gasteiger partial charge in [0.05, 0.1) is 11.4 Å². The third-order valence-electron chi connectivity index (χ3n) is 4.50. The van der Waals surface area contributed by atoms with Crippen LogP contribution in [0, 0.1) is 20.8 Å². The summed E-state index contributed by atoms with van der Waals surface area (Å²) in [6, 6.07) is 0. The number of likely N-dealkylation sites (tertiary alicyclic amines) is 1. The van der Waals surface area contributed by atoms with Crippen LogP contribution in [0.2, 0.25) is 0 Å². The van der Waals surface area contributed by atoms with Crippen LogP contribution in [0.15, 0.2) is 10.2 Å². The zero-order chi connectivity index (χ0) is 17.3. The van der Waals surface area contributed by atoms with E-state index in [0.717, 1.165) is 31.6 Å². The first kappa shape index (κ1) is 16.8. The average Bonchev–Trinajstić information content (AvgIpc) is 2.97. The first-order valence-corrected chi connectivity index (χ1v) is 9.08.